The van der Waals surface area contributed by atoms with Gasteiger partial charge in [-0.3, -0.25) is 14.6 Å². The van der Waals surface area contributed by atoms with Crippen molar-refractivity contribution in [2.24, 2.45) is 0 Å². The van der Waals surface area contributed by atoms with Crippen molar-refractivity contribution < 1.29 is 14.3 Å². The van der Waals surface area contributed by atoms with E-state index in [1.54, 1.807) is 11.1 Å². The van der Waals surface area contributed by atoms with Crippen LogP contribution in [0.25, 0.3) is 11.1 Å². The minimum Gasteiger partial charge on any atom is -0.448 e. The quantitative estimate of drug-likeness (QED) is 0.370. The van der Waals surface area contributed by atoms with E-state index in [4.69, 9.17) is 9.47 Å². The average Bonchev–Trinajstić information content (AvgIpc) is 3.27. The number of rotatable bonds is 9. The highest BCUT2D eigenvalue weighted by atomic mass is 16.7. The maximum absolute atomic E-state index is 14.1. The van der Waals surface area contributed by atoms with Gasteiger partial charge in [-0.05, 0) is 83.8 Å². The van der Waals surface area contributed by atoms with Gasteiger partial charge in [0.05, 0.1) is 12.1 Å². The Bertz CT molecular complexity index is 1510. The van der Waals surface area contributed by atoms with Crippen LogP contribution in [-0.4, -0.2) is 58.1 Å². The number of hydrogen-bond acceptors (Lipinski definition) is 6. The number of carbonyl (C=O) groups excluding carboxylic acids is 1. The number of carbonyl (C=O) groups is 1. The molecule has 2 aliphatic heterocycles. The fourth-order valence-corrected chi connectivity index (χ4v) is 6.43. The highest BCUT2D eigenvalue weighted by molar-refractivity contribution is 6.02. The highest BCUT2D eigenvalue weighted by Gasteiger charge is 2.43. The van der Waals surface area contributed by atoms with Crippen molar-refractivity contribution >= 4 is 5.91 Å². The smallest absolute Gasteiger partial charge is 0.254 e. The Balaban J connectivity index is 1.52. The Hall–Kier alpha value is -3.65. The molecule has 41 heavy (non-hydrogen) atoms. The second-order valence-electron chi connectivity index (χ2n) is 11.9. The normalized spacial score (nSPS) is 18.6. The van der Waals surface area contributed by atoms with Crippen molar-refractivity contribution in [3.63, 3.8) is 0 Å². The third-order valence-corrected chi connectivity index (χ3v) is 8.68. The maximum Gasteiger partial charge on any atom is 0.254 e. The predicted octanol–water partition coefficient (Wildman–Crippen LogP) is 5.56. The summed E-state index contributed by atoms with van der Waals surface area (Å²) in [5.41, 5.74) is 6.34. The first kappa shape index (κ1) is 28.9. The molecule has 0 saturated heterocycles. The molecule has 8 heteroatoms. The number of pyridine rings is 2. The molecule has 0 bridgehead atoms. The topological polar surface area (TPSA) is 87.8 Å². The molecular formula is C33H42N4O4. The van der Waals surface area contributed by atoms with E-state index in [9.17, 15) is 9.59 Å². The van der Waals surface area contributed by atoms with Crippen molar-refractivity contribution in [3.8, 4) is 22.6 Å². The Morgan fingerprint density at radius 2 is 1.90 bits per heavy atom. The zero-order chi connectivity index (χ0) is 29.5. The number of ether oxygens (including phenoxy) is 2. The summed E-state index contributed by atoms with van der Waals surface area (Å²) in [6, 6.07) is 6.37. The molecule has 0 spiro atoms. The Morgan fingerprint density at radius 1 is 1.15 bits per heavy atom. The zero-order valence-electron chi connectivity index (χ0n) is 25.4. The molecule has 5 rings (SSSR count). The molecule has 218 valence electrons. The summed E-state index contributed by atoms with van der Waals surface area (Å²) in [4.78, 5) is 38.2. The molecule has 0 saturated carbocycles. The molecule has 1 N–H and O–H groups in total. The van der Waals surface area contributed by atoms with Crippen molar-refractivity contribution in [3.05, 3.63) is 74.5 Å². The molecule has 0 aliphatic carbocycles. The van der Waals surface area contributed by atoms with Crippen LogP contribution >= 0.6 is 0 Å². The first-order valence-corrected chi connectivity index (χ1v) is 14.7. The number of aromatic amines is 1. The number of amides is 1. The number of hydrogen-bond donors (Lipinski definition) is 1. The average molecular weight is 559 g/mol. The molecule has 8 nitrogen and oxygen atoms in total. The van der Waals surface area contributed by atoms with Crippen LogP contribution < -0.4 is 15.0 Å². The number of aryl methyl sites for hydroxylation is 2. The molecule has 2 aliphatic rings. The second-order valence-corrected chi connectivity index (χ2v) is 11.9. The van der Waals surface area contributed by atoms with E-state index < -0.39 is 5.79 Å². The number of fused-ring (bicyclic) bond motifs is 2. The minimum absolute atomic E-state index is 0.0926. The van der Waals surface area contributed by atoms with Crippen molar-refractivity contribution in [2.75, 3.05) is 20.6 Å². The Labute approximate surface area is 242 Å². The van der Waals surface area contributed by atoms with Gasteiger partial charge in [0.1, 0.15) is 0 Å². The lowest BCUT2D eigenvalue weighted by Crippen LogP contribution is -2.39. The van der Waals surface area contributed by atoms with E-state index in [0.29, 0.717) is 41.6 Å². The van der Waals surface area contributed by atoms with Gasteiger partial charge < -0.3 is 24.3 Å². The summed E-state index contributed by atoms with van der Waals surface area (Å²) in [5, 5.41) is 0. The van der Waals surface area contributed by atoms with Gasteiger partial charge in [-0.2, -0.15) is 0 Å². The minimum atomic E-state index is -0.826. The molecule has 2 unspecified atom stereocenters. The number of nitrogens with zero attached hydrogens (tertiary/aromatic N) is 3. The van der Waals surface area contributed by atoms with E-state index in [0.717, 1.165) is 59.2 Å². The maximum atomic E-state index is 14.1. The summed E-state index contributed by atoms with van der Waals surface area (Å²) in [7, 11) is 4.25. The summed E-state index contributed by atoms with van der Waals surface area (Å²) in [6.07, 6.45) is 8.04. The van der Waals surface area contributed by atoms with Gasteiger partial charge in [-0.15, -0.1) is 0 Å². The fourth-order valence-electron chi connectivity index (χ4n) is 6.43. The van der Waals surface area contributed by atoms with Crippen molar-refractivity contribution in [1.82, 2.24) is 19.8 Å². The standard InChI is InChI=1S/C33H42N4O4/c1-8-24(36(6)7)12-9-14-33(5)40-29-22(4)27-25(28(30(29)41-33)23-11-10-15-34-18-23)13-16-37(32(27)39)19-26-20(2)17-21(3)35-31(26)38/h10-11,15,17-18,24H,8-9,12-14,16,19H2,1-7H3,(H,35,38). The van der Waals surface area contributed by atoms with Crippen LogP contribution in [0, 0.1) is 20.8 Å². The van der Waals surface area contributed by atoms with Crippen LogP contribution in [0.5, 0.6) is 11.5 Å². The lowest BCUT2D eigenvalue weighted by atomic mass is 9.86. The predicted molar refractivity (Wildman–Crippen MR) is 161 cm³/mol. The third-order valence-electron chi connectivity index (χ3n) is 8.68. The Morgan fingerprint density at radius 3 is 2.56 bits per heavy atom. The molecular weight excluding hydrogens is 516 g/mol. The summed E-state index contributed by atoms with van der Waals surface area (Å²) >= 11 is 0. The van der Waals surface area contributed by atoms with Crippen molar-refractivity contribution in [1.29, 1.82) is 0 Å². The summed E-state index contributed by atoms with van der Waals surface area (Å²) in [6.45, 7) is 10.7. The van der Waals surface area contributed by atoms with E-state index in [-0.39, 0.29) is 18.0 Å². The SMILES string of the molecule is CCC(CCCC1(C)Oc2c(C)c3c(c(-c4cccnc4)c2O1)CCN(Cc1c(C)cc(C)[nH]c1=O)C3=O)N(C)C. The molecule has 1 aromatic carbocycles. The van der Waals surface area contributed by atoms with Crippen LogP contribution in [0.1, 0.15) is 77.8 Å². The van der Waals surface area contributed by atoms with Gasteiger partial charge in [0.15, 0.2) is 11.5 Å². The van der Waals surface area contributed by atoms with E-state index in [2.05, 4.69) is 35.9 Å². The van der Waals surface area contributed by atoms with Crippen LogP contribution in [0.4, 0.5) is 0 Å². The van der Waals surface area contributed by atoms with Gasteiger partial charge in [0.2, 0.25) is 5.79 Å². The summed E-state index contributed by atoms with van der Waals surface area (Å²) in [5.74, 6) is 0.408. The van der Waals surface area contributed by atoms with Gasteiger partial charge in [0, 0.05) is 66.3 Å². The van der Waals surface area contributed by atoms with Crippen LogP contribution in [0.15, 0.2) is 35.4 Å². The summed E-state index contributed by atoms with van der Waals surface area (Å²) < 4.78 is 13.3. The van der Waals surface area contributed by atoms with E-state index in [1.807, 2.05) is 52.1 Å². The lowest BCUT2D eigenvalue weighted by molar-refractivity contribution is -0.0704. The molecule has 2 aromatic heterocycles. The highest BCUT2D eigenvalue weighted by Crippen LogP contribution is 2.53. The number of benzene rings is 1. The number of aromatic nitrogens is 2. The zero-order valence-corrected chi connectivity index (χ0v) is 25.4. The molecule has 2 atom stereocenters. The van der Waals surface area contributed by atoms with Crippen LogP contribution in [-0.2, 0) is 13.0 Å². The second kappa shape index (κ2) is 11.3. The van der Waals surface area contributed by atoms with Gasteiger partial charge >= 0.3 is 0 Å². The Kier molecular flexibility index (Phi) is 7.97. The number of H-pyrrole nitrogens is 1. The van der Waals surface area contributed by atoms with Crippen molar-refractivity contribution in [2.45, 2.75) is 85.1 Å². The molecule has 4 heterocycles. The van der Waals surface area contributed by atoms with E-state index >= 15 is 0 Å². The third kappa shape index (κ3) is 5.49. The molecule has 1 amide bonds. The number of nitrogens with one attached hydrogen (secondary N) is 1. The lowest BCUT2D eigenvalue weighted by Gasteiger charge is -2.32. The first-order valence-electron chi connectivity index (χ1n) is 14.7. The van der Waals surface area contributed by atoms with Gasteiger partial charge in [-0.1, -0.05) is 13.0 Å². The van der Waals surface area contributed by atoms with Crippen LogP contribution in [0.2, 0.25) is 0 Å². The molecule has 3 aromatic rings. The van der Waals surface area contributed by atoms with E-state index in [1.165, 1.54) is 0 Å². The molecule has 0 fully saturated rings. The largest absolute Gasteiger partial charge is 0.448 e. The first-order chi connectivity index (χ1) is 19.5. The fraction of sp³-hybridized carbons (Fsp3) is 0.485. The van der Waals surface area contributed by atoms with Crippen LogP contribution in [0.3, 0.4) is 0 Å². The van der Waals surface area contributed by atoms with Gasteiger partial charge in [0.25, 0.3) is 11.5 Å². The monoisotopic (exact) mass is 558 g/mol. The molecule has 0 radical (unpaired) electrons. The van der Waals surface area contributed by atoms with Gasteiger partial charge in [-0.25, -0.2) is 0 Å².